The Bertz CT molecular complexity index is 416. The zero-order chi connectivity index (χ0) is 14.5. The minimum absolute atomic E-state index is 0.0216. The molecule has 0 heterocycles. The molecule has 0 aromatic heterocycles. The molecule has 0 amide bonds. The van der Waals surface area contributed by atoms with E-state index in [9.17, 15) is 0 Å². The average Bonchev–Trinajstić information content (AvgIpc) is 2.46. The first-order valence-corrected chi connectivity index (χ1v) is 8.10. The first-order chi connectivity index (χ1) is 9.63. The van der Waals surface area contributed by atoms with Crippen molar-refractivity contribution >= 4 is 0 Å². The van der Waals surface area contributed by atoms with Gasteiger partial charge >= 0.3 is 0 Å². The lowest BCUT2D eigenvalue weighted by Crippen LogP contribution is -2.35. The summed E-state index contributed by atoms with van der Waals surface area (Å²) < 4.78 is 6.50. The van der Waals surface area contributed by atoms with Crippen molar-refractivity contribution in [1.29, 1.82) is 0 Å². The Morgan fingerprint density at radius 3 is 2.60 bits per heavy atom. The number of nitrogens with two attached hydrogens (primary N) is 1. The molecule has 0 aliphatic heterocycles. The van der Waals surface area contributed by atoms with Crippen LogP contribution in [0.25, 0.3) is 0 Å². The Morgan fingerprint density at radius 2 is 1.95 bits per heavy atom. The Kier molecular flexibility index (Phi) is 5.62. The van der Waals surface area contributed by atoms with Crippen LogP contribution in [0.1, 0.15) is 63.2 Å². The van der Waals surface area contributed by atoms with Crippen LogP contribution in [-0.4, -0.2) is 12.1 Å². The quantitative estimate of drug-likeness (QED) is 0.866. The fraction of sp³-hybridized carbons (Fsp3) is 0.667. The Hall–Kier alpha value is -0.860. The zero-order valence-corrected chi connectivity index (χ0v) is 13.1. The van der Waals surface area contributed by atoms with Crippen LogP contribution in [0.4, 0.5) is 0 Å². The van der Waals surface area contributed by atoms with Crippen LogP contribution in [0.3, 0.4) is 0 Å². The molecule has 1 saturated carbocycles. The fourth-order valence-electron chi connectivity index (χ4n) is 3.39. The van der Waals surface area contributed by atoms with Crippen molar-refractivity contribution in [3.8, 4) is 0 Å². The predicted octanol–water partition coefficient (Wildman–Crippen LogP) is 4.37. The molecule has 1 aliphatic carbocycles. The highest BCUT2D eigenvalue weighted by atomic mass is 16.5. The monoisotopic (exact) mass is 275 g/mol. The number of aryl methyl sites for hydroxylation is 1. The zero-order valence-electron chi connectivity index (χ0n) is 13.1. The molecule has 0 spiro atoms. The molecule has 0 bridgehead atoms. The van der Waals surface area contributed by atoms with Crippen molar-refractivity contribution in [2.45, 2.75) is 71.1 Å². The van der Waals surface area contributed by atoms with Gasteiger partial charge in [-0.25, -0.2) is 0 Å². The molecule has 1 aromatic carbocycles. The van der Waals surface area contributed by atoms with Crippen molar-refractivity contribution in [1.82, 2.24) is 0 Å². The number of hydrogen-bond donors (Lipinski definition) is 1. The Labute approximate surface area is 123 Å². The lowest BCUT2D eigenvalue weighted by Gasteiger charge is -2.35. The lowest BCUT2D eigenvalue weighted by atomic mass is 9.84. The van der Waals surface area contributed by atoms with E-state index in [1.54, 1.807) is 0 Å². The summed E-state index contributed by atoms with van der Waals surface area (Å²) in [5, 5.41) is 0. The standard InChI is InChI=1S/C18H29NO/c1-4-15-10-6-8-12-17(15)20-18(14(3)19)16-11-7-5-9-13(16)2/h5,7,9,11,14-15,17-18H,4,6,8,10,12,19H2,1-3H3. The van der Waals surface area contributed by atoms with E-state index in [0.29, 0.717) is 12.0 Å². The summed E-state index contributed by atoms with van der Waals surface area (Å²) in [7, 11) is 0. The normalized spacial score (nSPS) is 26.2. The molecule has 2 heteroatoms. The topological polar surface area (TPSA) is 35.2 Å². The van der Waals surface area contributed by atoms with E-state index in [-0.39, 0.29) is 12.1 Å². The van der Waals surface area contributed by atoms with Crippen molar-refractivity contribution < 1.29 is 4.74 Å². The van der Waals surface area contributed by atoms with Crippen LogP contribution in [0.2, 0.25) is 0 Å². The maximum Gasteiger partial charge on any atom is 0.0979 e. The van der Waals surface area contributed by atoms with Crippen molar-refractivity contribution in [2.24, 2.45) is 11.7 Å². The smallest absolute Gasteiger partial charge is 0.0979 e. The number of ether oxygens (including phenoxy) is 1. The van der Waals surface area contributed by atoms with E-state index < -0.39 is 0 Å². The average molecular weight is 275 g/mol. The van der Waals surface area contributed by atoms with E-state index in [4.69, 9.17) is 10.5 Å². The van der Waals surface area contributed by atoms with Crippen LogP contribution >= 0.6 is 0 Å². The summed E-state index contributed by atoms with van der Waals surface area (Å²) in [5.74, 6) is 0.703. The van der Waals surface area contributed by atoms with Gasteiger partial charge in [-0.05, 0) is 43.7 Å². The van der Waals surface area contributed by atoms with Gasteiger partial charge in [0.25, 0.3) is 0 Å². The molecular weight excluding hydrogens is 246 g/mol. The van der Waals surface area contributed by atoms with Gasteiger partial charge in [0.05, 0.1) is 12.2 Å². The lowest BCUT2D eigenvalue weighted by molar-refractivity contribution is -0.0703. The molecule has 1 fully saturated rings. The molecule has 2 rings (SSSR count). The summed E-state index contributed by atoms with van der Waals surface area (Å²) in [6.07, 6.45) is 6.75. The highest BCUT2D eigenvalue weighted by Gasteiger charge is 2.29. The van der Waals surface area contributed by atoms with Gasteiger partial charge in [-0.2, -0.15) is 0 Å². The van der Waals surface area contributed by atoms with Gasteiger partial charge in [-0.15, -0.1) is 0 Å². The summed E-state index contributed by atoms with van der Waals surface area (Å²) in [4.78, 5) is 0. The summed E-state index contributed by atoms with van der Waals surface area (Å²) >= 11 is 0. The molecule has 0 saturated heterocycles. The van der Waals surface area contributed by atoms with Gasteiger partial charge < -0.3 is 10.5 Å². The predicted molar refractivity (Wildman–Crippen MR) is 84.7 cm³/mol. The minimum atomic E-state index is 0.0216. The van der Waals surface area contributed by atoms with Crippen molar-refractivity contribution in [3.05, 3.63) is 35.4 Å². The molecule has 112 valence electrons. The molecule has 4 atom stereocenters. The molecule has 4 unspecified atom stereocenters. The molecule has 2 N–H and O–H groups in total. The van der Waals surface area contributed by atoms with Crippen LogP contribution in [0, 0.1) is 12.8 Å². The second kappa shape index (κ2) is 7.24. The largest absolute Gasteiger partial charge is 0.368 e. The van der Waals surface area contributed by atoms with Crippen LogP contribution in [0.5, 0.6) is 0 Å². The van der Waals surface area contributed by atoms with Gasteiger partial charge in [0, 0.05) is 6.04 Å². The van der Waals surface area contributed by atoms with Gasteiger partial charge in [0.15, 0.2) is 0 Å². The van der Waals surface area contributed by atoms with Crippen molar-refractivity contribution in [3.63, 3.8) is 0 Å². The highest BCUT2D eigenvalue weighted by molar-refractivity contribution is 5.28. The van der Waals surface area contributed by atoms with E-state index in [2.05, 4.69) is 45.0 Å². The van der Waals surface area contributed by atoms with Gasteiger partial charge in [-0.1, -0.05) is 50.5 Å². The van der Waals surface area contributed by atoms with E-state index in [1.807, 2.05) is 0 Å². The van der Waals surface area contributed by atoms with Crippen molar-refractivity contribution in [2.75, 3.05) is 0 Å². The number of rotatable bonds is 5. The molecule has 1 aliphatic rings. The maximum atomic E-state index is 6.50. The van der Waals surface area contributed by atoms with E-state index >= 15 is 0 Å². The Balaban J connectivity index is 2.15. The van der Waals surface area contributed by atoms with Gasteiger partial charge in [0.1, 0.15) is 0 Å². The molecule has 1 aromatic rings. The fourth-order valence-corrected chi connectivity index (χ4v) is 3.39. The third-order valence-corrected chi connectivity index (χ3v) is 4.66. The molecular formula is C18H29NO. The van der Waals surface area contributed by atoms with Gasteiger partial charge in [-0.3, -0.25) is 0 Å². The molecule has 0 radical (unpaired) electrons. The number of benzene rings is 1. The first kappa shape index (κ1) is 15.5. The van der Waals surface area contributed by atoms with Crippen LogP contribution in [-0.2, 0) is 4.74 Å². The SMILES string of the molecule is CCC1CCCCC1OC(c1ccccc1C)C(C)N. The molecule has 20 heavy (non-hydrogen) atoms. The summed E-state index contributed by atoms with van der Waals surface area (Å²) in [6, 6.07) is 8.49. The highest BCUT2D eigenvalue weighted by Crippen LogP contribution is 2.34. The van der Waals surface area contributed by atoms with E-state index in [0.717, 1.165) is 0 Å². The third kappa shape index (κ3) is 3.62. The second-order valence-electron chi connectivity index (χ2n) is 6.26. The Morgan fingerprint density at radius 1 is 1.25 bits per heavy atom. The second-order valence-corrected chi connectivity index (χ2v) is 6.26. The minimum Gasteiger partial charge on any atom is -0.368 e. The van der Waals surface area contributed by atoms with Gasteiger partial charge in [0.2, 0.25) is 0 Å². The summed E-state index contributed by atoms with van der Waals surface area (Å²) in [5.41, 5.74) is 8.75. The van der Waals surface area contributed by atoms with Crippen LogP contribution < -0.4 is 5.73 Å². The van der Waals surface area contributed by atoms with E-state index in [1.165, 1.54) is 43.2 Å². The third-order valence-electron chi connectivity index (χ3n) is 4.66. The maximum absolute atomic E-state index is 6.50. The summed E-state index contributed by atoms with van der Waals surface area (Å²) in [6.45, 7) is 6.48. The molecule has 2 nitrogen and oxygen atoms in total. The number of hydrogen-bond acceptors (Lipinski definition) is 2. The first-order valence-electron chi connectivity index (χ1n) is 8.10. The van der Waals surface area contributed by atoms with Crippen LogP contribution in [0.15, 0.2) is 24.3 Å².